The SMILES string of the molecule is Cc1ccc(Br)cc1S(=O)(=O)NC(C)C(=O)N1CCCC1. The molecule has 1 N–H and O–H groups in total. The van der Waals surface area contributed by atoms with E-state index in [1.807, 2.05) is 0 Å². The van der Waals surface area contributed by atoms with Gasteiger partial charge in [0.25, 0.3) is 0 Å². The van der Waals surface area contributed by atoms with Gasteiger partial charge in [-0.2, -0.15) is 4.72 Å². The van der Waals surface area contributed by atoms with Crippen LogP contribution < -0.4 is 4.72 Å². The molecule has 1 atom stereocenters. The van der Waals surface area contributed by atoms with Gasteiger partial charge in [0.05, 0.1) is 10.9 Å². The third kappa shape index (κ3) is 3.84. The lowest BCUT2D eigenvalue weighted by Gasteiger charge is -2.21. The number of halogens is 1. The zero-order valence-electron chi connectivity index (χ0n) is 12.1. The molecule has 21 heavy (non-hydrogen) atoms. The van der Waals surface area contributed by atoms with E-state index in [9.17, 15) is 13.2 Å². The number of benzene rings is 1. The largest absolute Gasteiger partial charge is 0.341 e. The van der Waals surface area contributed by atoms with Crippen molar-refractivity contribution in [3.63, 3.8) is 0 Å². The van der Waals surface area contributed by atoms with Crippen LogP contribution in [0, 0.1) is 6.92 Å². The monoisotopic (exact) mass is 374 g/mol. The molecule has 1 amide bonds. The van der Waals surface area contributed by atoms with Crippen molar-refractivity contribution in [2.75, 3.05) is 13.1 Å². The zero-order valence-corrected chi connectivity index (χ0v) is 14.5. The van der Waals surface area contributed by atoms with E-state index in [1.54, 1.807) is 36.9 Å². The van der Waals surface area contributed by atoms with Gasteiger partial charge in [0, 0.05) is 17.6 Å². The molecule has 1 unspecified atom stereocenters. The van der Waals surface area contributed by atoms with E-state index in [-0.39, 0.29) is 10.8 Å². The Bertz CT molecular complexity index is 640. The van der Waals surface area contributed by atoms with E-state index in [4.69, 9.17) is 0 Å². The highest BCUT2D eigenvalue weighted by Gasteiger charge is 2.28. The smallest absolute Gasteiger partial charge is 0.241 e. The summed E-state index contributed by atoms with van der Waals surface area (Å²) in [6, 6.07) is 4.30. The number of nitrogens with one attached hydrogen (secondary N) is 1. The molecular weight excluding hydrogens is 356 g/mol. The summed E-state index contributed by atoms with van der Waals surface area (Å²) in [4.78, 5) is 14.1. The summed E-state index contributed by atoms with van der Waals surface area (Å²) in [5.41, 5.74) is 0.645. The lowest BCUT2D eigenvalue weighted by molar-refractivity contribution is -0.131. The van der Waals surface area contributed by atoms with Gasteiger partial charge in [-0.1, -0.05) is 22.0 Å². The van der Waals surface area contributed by atoms with Crippen molar-refractivity contribution in [3.8, 4) is 0 Å². The molecule has 1 aliphatic heterocycles. The van der Waals surface area contributed by atoms with Crippen LogP contribution in [-0.2, 0) is 14.8 Å². The number of carbonyl (C=O) groups excluding carboxylic acids is 1. The van der Waals surface area contributed by atoms with Gasteiger partial charge in [-0.15, -0.1) is 0 Å². The topological polar surface area (TPSA) is 66.5 Å². The van der Waals surface area contributed by atoms with E-state index < -0.39 is 16.1 Å². The van der Waals surface area contributed by atoms with Crippen LogP contribution in [0.1, 0.15) is 25.3 Å². The van der Waals surface area contributed by atoms with Crippen molar-refractivity contribution in [1.29, 1.82) is 0 Å². The van der Waals surface area contributed by atoms with Gasteiger partial charge in [0.1, 0.15) is 0 Å². The molecule has 0 saturated carbocycles. The lowest BCUT2D eigenvalue weighted by Crippen LogP contribution is -2.45. The van der Waals surface area contributed by atoms with Gasteiger partial charge in [-0.25, -0.2) is 8.42 Å². The first kappa shape index (κ1) is 16.5. The van der Waals surface area contributed by atoms with Gasteiger partial charge >= 0.3 is 0 Å². The molecule has 1 aliphatic rings. The number of aryl methyl sites for hydroxylation is 1. The highest BCUT2D eigenvalue weighted by Crippen LogP contribution is 2.21. The second kappa shape index (κ2) is 6.46. The van der Waals surface area contributed by atoms with Crippen LogP contribution in [0.15, 0.2) is 27.6 Å². The van der Waals surface area contributed by atoms with Crippen molar-refractivity contribution in [3.05, 3.63) is 28.2 Å². The minimum Gasteiger partial charge on any atom is -0.341 e. The number of hydrogen-bond donors (Lipinski definition) is 1. The number of likely N-dealkylation sites (tertiary alicyclic amines) is 1. The summed E-state index contributed by atoms with van der Waals surface area (Å²) in [5, 5.41) is 0. The van der Waals surface area contributed by atoms with Crippen molar-refractivity contribution in [2.45, 2.75) is 37.6 Å². The molecule has 1 heterocycles. The van der Waals surface area contributed by atoms with Gasteiger partial charge in [-0.05, 0) is 44.4 Å². The van der Waals surface area contributed by atoms with Crippen LogP contribution in [0.2, 0.25) is 0 Å². The minimum absolute atomic E-state index is 0.163. The highest BCUT2D eigenvalue weighted by molar-refractivity contribution is 9.10. The molecule has 1 aromatic carbocycles. The summed E-state index contributed by atoms with van der Waals surface area (Å²) < 4.78 is 28.0. The Kier molecular flexibility index (Phi) is 5.06. The third-order valence-electron chi connectivity index (χ3n) is 3.56. The molecule has 0 radical (unpaired) electrons. The Morgan fingerprint density at radius 3 is 2.57 bits per heavy atom. The van der Waals surface area contributed by atoms with Gasteiger partial charge < -0.3 is 4.90 Å². The molecule has 7 heteroatoms. The molecule has 2 rings (SSSR count). The highest BCUT2D eigenvalue weighted by atomic mass is 79.9. The fourth-order valence-corrected chi connectivity index (χ4v) is 4.40. The number of amides is 1. The number of hydrogen-bond acceptors (Lipinski definition) is 3. The van der Waals surface area contributed by atoms with Crippen LogP contribution >= 0.6 is 15.9 Å². The van der Waals surface area contributed by atoms with Gasteiger partial charge in [0.15, 0.2) is 0 Å². The van der Waals surface area contributed by atoms with Gasteiger partial charge in [-0.3, -0.25) is 4.79 Å². The average Bonchev–Trinajstić information content (AvgIpc) is 2.94. The summed E-state index contributed by atoms with van der Waals surface area (Å²) >= 11 is 3.27. The fourth-order valence-electron chi connectivity index (χ4n) is 2.42. The Hall–Kier alpha value is -0.920. The van der Waals surface area contributed by atoms with E-state index in [0.717, 1.165) is 12.8 Å². The Balaban J connectivity index is 2.16. The Morgan fingerprint density at radius 2 is 1.95 bits per heavy atom. The first-order valence-electron chi connectivity index (χ1n) is 6.88. The van der Waals surface area contributed by atoms with Crippen molar-refractivity contribution in [2.24, 2.45) is 0 Å². The molecule has 5 nitrogen and oxygen atoms in total. The quantitative estimate of drug-likeness (QED) is 0.876. The van der Waals surface area contributed by atoms with Crippen LogP contribution in [0.25, 0.3) is 0 Å². The maximum atomic E-state index is 12.4. The zero-order chi connectivity index (χ0) is 15.6. The second-order valence-electron chi connectivity index (χ2n) is 5.29. The molecule has 1 saturated heterocycles. The van der Waals surface area contributed by atoms with E-state index in [0.29, 0.717) is 23.1 Å². The molecule has 0 bridgehead atoms. The predicted molar refractivity (Wildman–Crippen MR) is 84.5 cm³/mol. The van der Waals surface area contributed by atoms with E-state index in [2.05, 4.69) is 20.7 Å². The van der Waals surface area contributed by atoms with Gasteiger partial charge in [0.2, 0.25) is 15.9 Å². The van der Waals surface area contributed by atoms with E-state index in [1.165, 1.54) is 0 Å². The maximum absolute atomic E-state index is 12.4. The lowest BCUT2D eigenvalue weighted by atomic mass is 10.2. The molecule has 0 spiro atoms. The summed E-state index contributed by atoms with van der Waals surface area (Å²) in [6.07, 6.45) is 1.96. The molecule has 116 valence electrons. The van der Waals surface area contributed by atoms with Crippen molar-refractivity contribution < 1.29 is 13.2 Å². The normalized spacial score (nSPS) is 17.0. The molecule has 1 fully saturated rings. The summed E-state index contributed by atoms with van der Waals surface area (Å²) in [5.74, 6) is -0.163. The second-order valence-corrected chi connectivity index (χ2v) is 7.88. The molecular formula is C14H19BrN2O3S. The number of sulfonamides is 1. The minimum atomic E-state index is -3.71. The molecule has 1 aromatic rings. The summed E-state index contributed by atoms with van der Waals surface area (Å²) in [6.45, 7) is 4.74. The Labute approximate surface area is 133 Å². The first-order chi connectivity index (χ1) is 9.81. The average molecular weight is 375 g/mol. The number of rotatable bonds is 4. The third-order valence-corrected chi connectivity index (χ3v) is 5.74. The predicted octanol–water partition coefficient (Wildman–Crippen LogP) is 2.05. The van der Waals surface area contributed by atoms with E-state index >= 15 is 0 Å². The van der Waals surface area contributed by atoms with Crippen LogP contribution in [0.5, 0.6) is 0 Å². The number of carbonyl (C=O) groups is 1. The fraction of sp³-hybridized carbons (Fsp3) is 0.500. The standard InChI is InChI=1S/C14H19BrN2O3S/c1-10-5-6-12(15)9-13(10)21(19,20)16-11(2)14(18)17-7-3-4-8-17/h5-6,9,11,16H,3-4,7-8H2,1-2H3. The molecule has 0 aromatic heterocycles. The van der Waals surface area contributed by atoms with Crippen LogP contribution in [-0.4, -0.2) is 38.4 Å². The number of nitrogens with zero attached hydrogens (tertiary/aromatic N) is 1. The van der Waals surface area contributed by atoms with Crippen LogP contribution in [0.4, 0.5) is 0 Å². The molecule has 0 aliphatic carbocycles. The maximum Gasteiger partial charge on any atom is 0.241 e. The van der Waals surface area contributed by atoms with Crippen molar-refractivity contribution >= 4 is 31.9 Å². The Morgan fingerprint density at radius 1 is 1.33 bits per heavy atom. The van der Waals surface area contributed by atoms with Crippen molar-refractivity contribution in [1.82, 2.24) is 9.62 Å². The van der Waals surface area contributed by atoms with Crippen LogP contribution in [0.3, 0.4) is 0 Å². The first-order valence-corrected chi connectivity index (χ1v) is 9.16. The summed E-state index contributed by atoms with van der Waals surface area (Å²) in [7, 11) is -3.71.